The Morgan fingerprint density at radius 1 is 1.14 bits per heavy atom. The van der Waals surface area contributed by atoms with Crippen LogP contribution in [-0.4, -0.2) is 46.6 Å². The van der Waals surface area contributed by atoms with Crippen LogP contribution in [0.3, 0.4) is 0 Å². The zero-order chi connectivity index (χ0) is 19.9. The molecule has 2 N–H and O–H groups in total. The number of carboxylic acid groups (broad SMARTS) is 1. The monoisotopic (exact) mass is 383 g/mol. The lowest BCUT2D eigenvalue weighted by Gasteiger charge is -2.26. The SMILES string of the molecule is CCCOc1cc(C(=O)N2CCCCC2)cnc1Nc1ccc(C(=O)O)cc1. The Labute approximate surface area is 164 Å². The van der Waals surface area contributed by atoms with Gasteiger partial charge in [0.15, 0.2) is 11.6 Å². The maximum Gasteiger partial charge on any atom is 0.335 e. The first-order valence-electron chi connectivity index (χ1n) is 9.61. The van der Waals surface area contributed by atoms with Gasteiger partial charge in [-0.3, -0.25) is 4.79 Å². The van der Waals surface area contributed by atoms with Crippen LogP contribution in [0.15, 0.2) is 36.5 Å². The number of carbonyl (C=O) groups is 2. The lowest BCUT2D eigenvalue weighted by molar-refractivity contribution is 0.0694. The van der Waals surface area contributed by atoms with Crippen molar-refractivity contribution in [2.45, 2.75) is 32.6 Å². The van der Waals surface area contributed by atoms with E-state index < -0.39 is 5.97 Å². The lowest BCUT2D eigenvalue weighted by atomic mass is 10.1. The molecule has 1 aromatic heterocycles. The van der Waals surface area contributed by atoms with Crippen molar-refractivity contribution in [3.8, 4) is 5.75 Å². The van der Waals surface area contributed by atoms with E-state index in [0.29, 0.717) is 29.4 Å². The summed E-state index contributed by atoms with van der Waals surface area (Å²) in [6.07, 6.45) is 5.62. The molecule has 2 aromatic rings. The second-order valence-corrected chi connectivity index (χ2v) is 6.78. The molecule has 7 nitrogen and oxygen atoms in total. The van der Waals surface area contributed by atoms with Crippen molar-refractivity contribution in [3.05, 3.63) is 47.7 Å². The van der Waals surface area contributed by atoms with Crippen molar-refractivity contribution < 1.29 is 19.4 Å². The summed E-state index contributed by atoms with van der Waals surface area (Å²) < 4.78 is 5.81. The van der Waals surface area contributed by atoms with Crippen LogP contribution >= 0.6 is 0 Å². The van der Waals surface area contributed by atoms with Crippen molar-refractivity contribution >= 4 is 23.4 Å². The van der Waals surface area contributed by atoms with Gasteiger partial charge in [0.25, 0.3) is 5.91 Å². The number of hydrogen-bond acceptors (Lipinski definition) is 5. The number of nitrogens with zero attached hydrogens (tertiary/aromatic N) is 2. The minimum atomic E-state index is -0.975. The molecule has 2 heterocycles. The van der Waals surface area contributed by atoms with E-state index in [2.05, 4.69) is 10.3 Å². The van der Waals surface area contributed by atoms with Gasteiger partial charge in [0, 0.05) is 25.0 Å². The average Bonchev–Trinajstić information content (AvgIpc) is 2.73. The number of pyridine rings is 1. The summed E-state index contributed by atoms with van der Waals surface area (Å²) in [7, 11) is 0. The van der Waals surface area contributed by atoms with Crippen molar-refractivity contribution in [1.29, 1.82) is 0 Å². The fourth-order valence-corrected chi connectivity index (χ4v) is 3.09. The average molecular weight is 383 g/mol. The minimum absolute atomic E-state index is 0.0223. The molecular weight excluding hydrogens is 358 g/mol. The van der Waals surface area contributed by atoms with Gasteiger partial charge in [-0.05, 0) is 56.0 Å². The molecule has 1 fully saturated rings. The predicted octanol–water partition coefficient (Wildman–Crippen LogP) is 3.94. The molecule has 0 atom stereocenters. The van der Waals surface area contributed by atoms with E-state index in [1.54, 1.807) is 24.4 Å². The zero-order valence-corrected chi connectivity index (χ0v) is 16.0. The second-order valence-electron chi connectivity index (χ2n) is 6.78. The number of benzene rings is 1. The molecule has 0 aliphatic carbocycles. The fourth-order valence-electron chi connectivity index (χ4n) is 3.09. The third-order valence-electron chi connectivity index (χ3n) is 4.60. The predicted molar refractivity (Wildman–Crippen MR) is 106 cm³/mol. The molecule has 3 rings (SSSR count). The fraction of sp³-hybridized carbons (Fsp3) is 0.381. The first-order chi connectivity index (χ1) is 13.6. The highest BCUT2D eigenvalue weighted by Gasteiger charge is 2.20. The number of anilines is 2. The number of carboxylic acids is 1. The summed E-state index contributed by atoms with van der Waals surface area (Å²) in [4.78, 5) is 30.0. The second kappa shape index (κ2) is 9.21. The molecule has 0 bridgehead atoms. The van der Waals surface area contributed by atoms with Crippen LogP contribution in [-0.2, 0) is 0 Å². The highest BCUT2D eigenvalue weighted by atomic mass is 16.5. The number of nitrogens with one attached hydrogen (secondary N) is 1. The van der Waals surface area contributed by atoms with Crippen molar-refractivity contribution in [1.82, 2.24) is 9.88 Å². The molecule has 0 radical (unpaired) electrons. The Morgan fingerprint density at radius 2 is 1.86 bits per heavy atom. The molecule has 1 aliphatic heterocycles. The molecule has 1 aromatic carbocycles. The largest absolute Gasteiger partial charge is 0.490 e. The van der Waals surface area contributed by atoms with E-state index >= 15 is 0 Å². The number of hydrogen-bond donors (Lipinski definition) is 2. The van der Waals surface area contributed by atoms with Crippen molar-refractivity contribution in [2.75, 3.05) is 25.0 Å². The molecular formula is C21H25N3O4. The van der Waals surface area contributed by atoms with Crippen LogP contribution < -0.4 is 10.1 Å². The highest BCUT2D eigenvalue weighted by molar-refractivity contribution is 5.95. The molecule has 1 saturated heterocycles. The number of aromatic carboxylic acids is 1. The Balaban J connectivity index is 1.81. The van der Waals surface area contributed by atoms with Crippen LogP contribution in [0.4, 0.5) is 11.5 Å². The number of ether oxygens (including phenoxy) is 1. The van der Waals surface area contributed by atoms with Gasteiger partial charge in [0.1, 0.15) is 0 Å². The number of piperidine rings is 1. The zero-order valence-electron chi connectivity index (χ0n) is 16.0. The van der Waals surface area contributed by atoms with Gasteiger partial charge in [0.05, 0.1) is 17.7 Å². The van der Waals surface area contributed by atoms with Crippen LogP contribution in [0.2, 0.25) is 0 Å². The van der Waals surface area contributed by atoms with E-state index in [4.69, 9.17) is 9.84 Å². The van der Waals surface area contributed by atoms with Gasteiger partial charge in [0.2, 0.25) is 0 Å². The molecule has 7 heteroatoms. The van der Waals surface area contributed by atoms with Crippen LogP contribution in [0.5, 0.6) is 5.75 Å². The number of likely N-dealkylation sites (tertiary alicyclic amines) is 1. The Bertz CT molecular complexity index is 830. The third kappa shape index (κ3) is 4.79. The van der Waals surface area contributed by atoms with E-state index in [1.807, 2.05) is 11.8 Å². The molecule has 0 unspecified atom stereocenters. The summed E-state index contributed by atoms with van der Waals surface area (Å²) >= 11 is 0. The maximum absolute atomic E-state index is 12.8. The van der Waals surface area contributed by atoms with Gasteiger partial charge in [-0.25, -0.2) is 9.78 Å². The smallest absolute Gasteiger partial charge is 0.335 e. The van der Waals surface area contributed by atoms with Crippen LogP contribution in [0.1, 0.15) is 53.3 Å². The molecule has 148 valence electrons. The van der Waals surface area contributed by atoms with E-state index in [-0.39, 0.29) is 11.5 Å². The lowest BCUT2D eigenvalue weighted by Crippen LogP contribution is -2.35. The van der Waals surface area contributed by atoms with E-state index in [1.165, 1.54) is 12.1 Å². The number of rotatable bonds is 7. The Kier molecular flexibility index (Phi) is 6.47. The van der Waals surface area contributed by atoms with Gasteiger partial charge in [-0.15, -0.1) is 0 Å². The summed E-state index contributed by atoms with van der Waals surface area (Å²) in [6, 6.07) is 8.10. The van der Waals surface area contributed by atoms with Crippen LogP contribution in [0, 0.1) is 0 Å². The number of aromatic nitrogens is 1. The minimum Gasteiger partial charge on any atom is -0.490 e. The highest BCUT2D eigenvalue weighted by Crippen LogP contribution is 2.28. The summed E-state index contributed by atoms with van der Waals surface area (Å²) in [5.41, 5.74) is 1.41. The Morgan fingerprint density at radius 3 is 2.50 bits per heavy atom. The van der Waals surface area contributed by atoms with E-state index in [9.17, 15) is 9.59 Å². The first-order valence-corrected chi connectivity index (χ1v) is 9.61. The topological polar surface area (TPSA) is 91.8 Å². The maximum atomic E-state index is 12.8. The Hall–Kier alpha value is -3.09. The van der Waals surface area contributed by atoms with Gasteiger partial charge < -0.3 is 20.1 Å². The molecule has 28 heavy (non-hydrogen) atoms. The molecule has 1 amide bonds. The summed E-state index contributed by atoms with van der Waals surface area (Å²) in [5, 5.41) is 12.1. The van der Waals surface area contributed by atoms with Gasteiger partial charge >= 0.3 is 5.97 Å². The normalized spacial score (nSPS) is 13.8. The van der Waals surface area contributed by atoms with Crippen LogP contribution in [0.25, 0.3) is 0 Å². The van der Waals surface area contributed by atoms with E-state index in [0.717, 1.165) is 38.8 Å². The third-order valence-corrected chi connectivity index (χ3v) is 4.60. The first kappa shape index (κ1) is 19.7. The molecule has 0 spiro atoms. The number of amides is 1. The molecule has 1 aliphatic rings. The quantitative estimate of drug-likeness (QED) is 0.752. The van der Waals surface area contributed by atoms with Gasteiger partial charge in [-0.1, -0.05) is 6.92 Å². The van der Waals surface area contributed by atoms with Crippen molar-refractivity contribution in [3.63, 3.8) is 0 Å². The summed E-state index contributed by atoms with van der Waals surface area (Å²) in [6.45, 7) is 4.07. The standard InChI is InChI=1S/C21H25N3O4/c1-2-12-28-18-13-16(20(25)24-10-4-3-5-11-24)14-22-19(18)23-17-8-6-15(7-9-17)21(26)27/h6-9,13-14H,2-5,10-12H2,1H3,(H,22,23)(H,26,27). The summed E-state index contributed by atoms with van der Waals surface area (Å²) in [5.74, 6) is 0.00173. The number of carbonyl (C=O) groups excluding carboxylic acids is 1. The molecule has 0 saturated carbocycles. The van der Waals surface area contributed by atoms with Gasteiger partial charge in [-0.2, -0.15) is 0 Å². The van der Waals surface area contributed by atoms with Crippen molar-refractivity contribution in [2.24, 2.45) is 0 Å².